The zero-order valence-electron chi connectivity index (χ0n) is 22.3. The van der Waals surface area contributed by atoms with Gasteiger partial charge < -0.3 is 15.0 Å². The number of rotatable bonds is 5. The molecule has 4 saturated heterocycles. The van der Waals surface area contributed by atoms with Crippen molar-refractivity contribution in [3.63, 3.8) is 0 Å². The zero-order chi connectivity index (χ0) is 26.4. The summed E-state index contributed by atoms with van der Waals surface area (Å²) in [4.78, 5) is 18.9. The maximum absolute atomic E-state index is 16.0. The second-order valence-electron chi connectivity index (χ2n) is 11.8. The molecule has 2 atom stereocenters. The predicted octanol–water partition coefficient (Wildman–Crippen LogP) is 4.90. The SMILES string of the molecule is FC1CC1.Fc1c(-c2ccccc2)ncc2c(N3CC4CCC(C3)N4)nc(OCC34CCCN3CCC4)nc12. The number of hydrogen-bond acceptors (Lipinski definition) is 7. The monoisotopic (exact) mass is 534 g/mol. The van der Waals surface area contributed by atoms with E-state index in [1.165, 1.54) is 12.8 Å². The molecule has 2 unspecified atom stereocenters. The molecule has 0 amide bonds. The number of halogens is 2. The molecule has 7 nitrogen and oxygen atoms in total. The Morgan fingerprint density at radius 1 is 0.974 bits per heavy atom. The molecule has 8 rings (SSSR count). The molecule has 9 heteroatoms. The van der Waals surface area contributed by atoms with E-state index in [1.54, 1.807) is 6.20 Å². The van der Waals surface area contributed by atoms with Gasteiger partial charge >= 0.3 is 6.01 Å². The standard InChI is InChI=1S/C27H31FN6O.C3H5F/c28-22-23(18-6-2-1-3-7-18)29-14-21-24(22)31-26(35-17-27-10-4-12-34(27)13-5-11-27)32-25(21)33-15-19-8-9-20(16-33)30-19;4-3-1-2-3/h1-3,6-7,14,19-20,30H,4-5,8-13,15-17H2;3H,1-2H2. The topological polar surface area (TPSA) is 66.4 Å². The smallest absolute Gasteiger partial charge is 0.319 e. The lowest BCUT2D eigenvalue weighted by Crippen LogP contribution is -2.51. The molecule has 2 bridgehead atoms. The summed E-state index contributed by atoms with van der Waals surface area (Å²) < 4.78 is 33.4. The van der Waals surface area contributed by atoms with Crippen LogP contribution in [-0.2, 0) is 0 Å². The van der Waals surface area contributed by atoms with Crippen LogP contribution in [0.4, 0.5) is 14.6 Å². The Kier molecular flexibility index (Phi) is 6.59. The Balaban J connectivity index is 0.000000583. The number of hydrogen-bond donors (Lipinski definition) is 1. The molecule has 5 aliphatic rings. The highest BCUT2D eigenvalue weighted by atomic mass is 19.1. The van der Waals surface area contributed by atoms with Crippen LogP contribution in [0.3, 0.4) is 0 Å². The van der Waals surface area contributed by atoms with Gasteiger partial charge in [0.15, 0.2) is 5.82 Å². The summed E-state index contributed by atoms with van der Waals surface area (Å²) in [5, 5.41) is 4.32. The van der Waals surface area contributed by atoms with E-state index < -0.39 is 12.0 Å². The van der Waals surface area contributed by atoms with Crippen LogP contribution in [0, 0.1) is 5.82 Å². The van der Waals surface area contributed by atoms with E-state index in [-0.39, 0.29) is 17.1 Å². The van der Waals surface area contributed by atoms with Crippen molar-refractivity contribution in [2.24, 2.45) is 0 Å². The van der Waals surface area contributed by atoms with Gasteiger partial charge in [-0.25, -0.2) is 8.78 Å². The maximum atomic E-state index is 16.0. The lowest BCUT2D eigenvalue weighted by molar-refractivity contribution is 0.108. The van der Waals surface area contributed by atoms with Gasteiger partial charge in [-0.15, -0.1) is 0 Å². The minimum Gasteiger partial charge on any atom is -0.461 e. The molecule has 1 aromatic carbocycles. The largest absolute Gasteiger partial charge is 0.461 e. The summed E-state index contributed by atoms with van der Waals surface area (Å²) in [7, 11) is 0. The van der Waals surface area contributed by atoms with E-state index in [4.69, 9.17) is 9.72 Å². The Labute approximate surface area is 228 Å². The molecule has 6 heterocycles. The fourth-order valence-electron chi connectivity index (χ4n) is 6.82. The van der Waals surface area contributed by atoms with Gasteiger partial charge in [0, 0.05) is 36.9 Å². The first-order valence-electron chi connectivity index (χ1n) is 14.5. The first-order chi connectivity index (χ1) is 19.1. The highest BCUT2D eigenvalue weighted by molar-refractivity contribution is 5.92. The van der Waals surface area contributed by atoms with Gasteiger partial charge in [-0.3, -0.25) is 9.88 Å². The highest BCUT2D eigenvalue weighted by Gasteiger charge is 2.45. The highest BCUT2D eigenvalue weighted by Crippen LogP contribution is 2.40. The number of fused-ring (bicyclic) bond motifs is 4. The van der Waals surface area contributed by atoms with Gasteiger partial charge in [-0.2, -0.15) is 9.97 Å². The summed E-state index contributed by atoms with van der Waals surface area (Å²) in [6.45, 7) is 4.53. The number of nitrogens with one attached hydrogen (secondary N) is 1. The lowest BCUT2D eigenvalue weighted by Gasteiger charge is -2.34. The number of piperazine rings is 1. The van der Waals surface area contributed by atoms with Crippen molar-refractivity contribution in [2.45, 2.75) is 75.2 Å². The van der Waals surface area contributed by atoms with Crippen LogP contribution in [0.25, 0.3) is 22.2 Å². The molecule has 3 aromatic rings. The number of pyridine rings is 1. The van der Waals surface area contributed by atoms with E-state index in [0.717, 1.165) is 76.1 Å². The van der Waals surface area contributed by atoms with Crippen molar-refractivity contribution in [3.8, 4) is 17.3 Å². The number of aromatic nitrogens is 3. The van der Waals surface area contributed by atoms with Crippen LogP contribution < -0.4 is 15.0 Å². The summed E-state index contributed by atoms with van der Waals surface area (Å²) in [6.07, 6.45) is 9.98. The van der Waals surface area contributed by atoms with Crippen molar-refractivity contribution in [3.05, 3.63) is 42.3 Å². The normalized spacial score (nSPS) is 25.4. The first-order valence-corrected chi connectivity index (χ1v) is 14.5. The molecule has 5 fully saturated rings. The quantitative estimate of drug-likeness (QED) is 0.500. The molecule has 2 aromatic heterocycles. The Morgan fingerprint density at radius 2 is 1.67 bits per heavy atom. The van der Waals surface area contributed by atoms with Crippen molar-refractivity contribution in [1.29, 1.82) is 0 Å². The molecule has 1 saturated carbocycles. The molecule has 206 valence electrons. The third kappa shape index (κ3) is 4.95. The van der Waals surface area contributed by atoms with Crippen molar-refractivity contribution < 1.29 is 13.5 Å². The summed E-state index contributed by atoms with van der Waals surface area (Å²) in [5.41, 5.74) is 1.42. The Hall–Kier alpha value is -2.91. The van der Waals surface area contributed by atoms with Gasteiger partial charge in [0.2, 0.25) is 0 Å². The minimum absolute atomic E-state index is 0.0820. The van der Waals surface area contributed by atoms with Crippen LogP contribution >= 0.6 is 0 Å². The van der Waals surface area contributed by atoms with Gasteiger partial charge in [-0.05, 0) is 64.5 Å². The zero-order valence-corrected chi connectivity index (χ0v) is 22.3. The van der Waals surface area contributed by atoms with E-state index in [0.29, 0.717) is 29.8 Å². The molecular formula is C30H36F2N6O. The van der Waals surface area contributed by atoms with Crippen LogP contribution in [0.5, 0.6) is 6.01 Å². The minimum atomic E-state index is -0.417. The molecule has 39 heavy (non-hydrogen) atoms. The van der Waals surface area contributed by atoms with E-state index in [1.807, 2.05) is 30.3 Å². The van der Waals surface area contributed by atoms with Crippen LogP contribution in [0.2, 0.25) is 0 Å². The third-order valence-corrected chi connectivity index (χ3v) is 8.99. The molecule has 1 aliphatic carbocycles. The third-order valence-electron chi connectivity index (χ3n) is 8.99. The maximum Gasteiger partial charge on any atom is 0.319 e. The fraction of sp³-hybridized carbons (Fsp3) is 0.567. The molecule has 0 radical (unpaired) electrons. The Morgan fingerprint density at radius 3 is 2.33 bits per heavy atom. The number of alkyl halides is 1. The molecule has 0 spiro atoms. The van der Waals surface area contributed by atoms with Crippen LogP contribution in [-0.4, -0.2) is 76.4 Å². The van der Waals surface area contributed by atoms with Crippen molar-refractivity contribution in [1.82, 2.24) is 25.2 Å². The fourth-order valence-corrected chi connectivity index (χ4v) is 6.82. The van der Waals surface area contributed by atoms with E-state index in [9.17, 15) is 4.39 Å². The lowest BCUT2D eigenvalue weighted by atomic mass is 9.95. The summed E-state index contributed by atoms with van der Waals surface area (Å²) in [5.74, 6) is 0.323. The molecule has 1 N–H and O–H groups in total. The van der Waals surface area contributed by atoms with Crippen LogP contribution in [0.1, 0.15) is 51.4 Å². The predicted molar refractivity (Wildman–Crippen MR) is 147 cm³/mol. The van der Waals surface area contributed by atoms with Crippen molar-refractivity contribution in [2.75, 3.05) is 37.7 Å². The average Bonchev–Trinajstić information content (AvgIpc) is 3.32. The summed E-state index contributed by atoms with van der Waals surface area (Å²) >= 11 is 0. The number of anilines is 1. The first kappa shape index (κ1) is 25.1. The number of ether oxygens (including phenoxy) is 1. The van der Waals surface area contributed by atoms with Gasteiger partial charge in [0.05, 0.1) is 10.9 Å². The van der Waals surface area contributed by atoms with Crippen LogP contribution in [0.15, 0.2) is 36.5 Å². The van der Waals surface area contributed by atoms with Gasteiger partial charge in [0.1, 0.15) is 29.8 Å². The Bertz CT molecular complexity index is 1310. The molecule has 4 aliphatic heterocycles. The van der Waals surface area contributed by atoms with Gasteiger partial charge in [0.25, 0.3) is 0 Å². The second kappa shape index (κ2) is 10.2. The van der Waals surface area contributed by atoms with E-state index >= 15 is 4.39 Å². The number of nitrogens with zero attached hydrogens (tertiary/aromatic N) is 5. The van der Waals surface area contributed by atoms with Crippen molar-refractivity contribution >= 4 is 16.7 Å². The van der Waals surface area contributed by atoms with E-state index in [2.05, 4.69) is 25.1 Å². The number of benzene rings is 1. The summed E-state index contributed by atoms with van der Waals surface area (Å²) in [6, 6.07) is 10.6. The second-order valence-corrected chi connectivity index (χ2v) is 11.8. The average molecular weight is 535 g/mol. The molecular weight excluding hydrogens is 498 g/mol. The van der Waals surface area contributed by atoms with Gasteiger partial charge in [-0.1, -0.05) is 30.3 Å².